The van der Waals surface area contributed by atoms with Crippen molar-refractivity contribution >= 4 is 14.8 Å². The average Bonchev–Trinajstić information content (AvgIpc) is 2.55. The van der Waals surface area contributed by atoms with Gasteiger partial charge in [0.1, 0.15) is 7.41 Å². The van der Waals surface area contributed by atoms with Gasteiger partial charge >= 0.3 is 0 Å². The molecule has 0 spiro atoms. The molecule has 6 heteroatoms. The van der Waals surface area contributed by atoms with E-state index < -0.39 is 0 Å². The molecule has 0 aliphatic rings. The monoisotopic (exact) mass is 343 g/mol. The lowest BCUT2D eigenvalue weighted by molar-refractivity contribution is -0.777. The van der Waals surface area contributed by atoms with Crippen molar-refractivity contribution in [3.8, 4) is 11.9 Å². The first-order valence-electron chi connectivity index (χ1n) is 10.0. The van der Waals surface area contributed by atoms with Crippen LogP contribution in [0.25, 0.3) is 0 Å². The van der Waals surface area contributed by atoms with Crippen LogP contribution < -0.4 is 0 Å². The van der Waals surface area contributed by atoms with Crippen LogP contribution in [0.2, 0.25) is 0 Å². The molecule has 0 saturated carbocycles. The second kappa shape index (κ2) is 16.5. The molecular formula is C19H37B2N4-. The fourth-order valence-electron chi connectivity index (χ4n) is 3.03. The molecule has 0 bridgehead atoms. The summed E-state index contributed by atoms with van der Waals surface area (Å²) in [7, 11) is 9.44. The highest BCUT2D eigenvalue weighted by Gasteiger charge is 2.03. The van der Waals surface area contributed by atoms with Crippen molar-refractivity contribution in [2.45, 2.75) is 77.0 Å². The van der Waals surface area contributed by atoms with E-state index in [0.717, 1.165) is 13.1 Å². The molecule has 0 aliphatic heterocycles. The van der Waals surface area contributed by atoms with E-state index in [2.05, 4.69) is 26.0 Å². The summed E-state index contributed by atoms with van der Waals surface area (Å²) in [4.78, 5) is 1.97. The van der Waals surface area contributed by atoms with E-state index >= 15 is 0 Å². The molecule has 0 fully saturated rings. The zero-order valence-corrected chi connectivity index (χ0v) is 16.8. The van der Waals surface area contributed by atoms with E-state index in [4.69, 9.17) is 10.5 Å². The van der Waals surface area contributed by atoms with E-state index in [1.54, 1.807) is 14.8 Å². The van der Waals surface area contributed by atoms with Crippen LogP contribution in [0.1, 0.15) is 77.0 Å². The minimum atomic E-state index is 0.712. The van der Waals surface area contributed by atoms with Crippen molar-refractivity contribution in [2.24, 2.45) is 0 Å². The van der Waals surface area contributed by atoms with Gasteiger partial charge in [0.15, 0.2) is 0 Å². The van der Waals surface area contributed by atoms with Crippen molar-refractivity contribution in [3.05, 3.63) is 0 Å². The van der Waals surface area contributed by atoms with E-state index in [-0.39, 0.29) is 0 Å². The minimum Gasteiger partial charge on any atom is -0.553 e. The van der Waals surface area contributed by atoms with Crippen LogP contribution in [-0.2, 0) is 0 Å². The quantitative estimate of drug-likeness (QED) is 0.298. The first kappa shape index (κ1) is 24.0. The van der Waals surface area contributed by atoms with Gasteiger partial charge in [-0.3, -0.25) is 5.26 Å². The summed E-state index contributed by atoms with van der Waals surface area (Å²) in [6.45, 7) is 2.07. The Morgan fingerprint density at radius 1 is 0.720 bits per heavy atom. The Kier molecular flexibility index (Phi) is 15.9. The van der Waals surface area contributed by atoms with Gasteiger partial charge in [-0.1, -0.05) is 64.8 Å². The zero-order valence-electron chi connectivity index (χ0n) is 16.8. The Morgan fingerprint density at radius 3 is 1.60 bits per heavy atom. The highest BCUT2D eigenvalue weighted by atomic mass is 15.2. The maximum Gasteiger partial charge on any atom is 0.126 e. The second-order valence-corrected chi connectivity index (χ2v) is 7.74. The summed E-state index contributed by atoms with van der Waals surface area (Å²) >= 11 is 0. The van der Waals surface area contributed by atoms with Gasteiger partial charge in [0, 0.05) is 20.6 Å². The van der Waals surface area contributed by atoms with Gasteiger partial charge in [0.25, 0.3) is 0 Å². The van der Waals surface area contributed by atoms with Crippen LogP contribution in [0.3, 0.4) is 0 Å². The molecule has 0 heterocycles. The lowest BCUT2D eigenvalue weighted by Gasteiger charge is -2.40. The van der Waals surface area contributed by atoms with E-state index in [1.807, 2.05) is 11.9 Å². The third-order valence-electron chi connectivity index (χ3n) is 4.68. The normalized spacial score (nSPS) is 11.4. The predicted molar refractivity (Wildman–Crippen MR) is 108 cm³/mol. The topological polar surface area (TPSA) is 50.8 Å². The minimum absolute atomic E-state index is 0.712. The lowest BCUT2D eigenvalue weighted by atomic mass is 9.91. The SMILES string of the molecule is CN([B-]C#N)CCCCCCCCCCCCCC[N+](C)(C)[B-]C#N. The molecule has 0 rings (SSSR count). The van der Waals surface area contributed by atoms with Crippen LogP contribution in [0.5, 0.6) is 0 Å². The number of rotatable bonds is 17. The maximum atomic E-state index is 8.71. The second-order valence-electron chi connectivity index (χ2n) is 7.74. The number of hydrogen-bond acceptors (Lipinski definition) is 3. The zero-order chi connectivity index (χ0) is 18.8. The van der Waals surface area contributed by atoms with Crippen molar-refractivity contribution in [1.29, 1.82) is 10.5 Å². The van der Waals surface area contributed by atoms with Gasteiger partial charge in [-0.05, 0) is 25.8 Å². The van der Waals surface area contributed by atoms with Crippen LogP contribution in [0, 0.1) is 22.5 Å². The van der Waals surface area contributed by atoms with Gasteiger partial charge in [-0.15, -0.1) is 13.4 Å². The van der Waals surface area contributed by atoms with Gasteiger partial charge in [-0.2, -0.15) is 0 Å². The summed E-state index contributed by atoms with van der Waals surface area (Å²) in [6, 6.07) is 0. The Morgan fingerprint density at radius 2 is 1.16 bits per heavy atom. The molecule has 4 radical (unpaired) electrons. The Bertz CT molecular complexity index is 388. The number of nitriles is 2. The van der Waals surface area contributed by atoms with E-state index in [9.17, 15) is 0 Å². The van der Waals surface area contributed by atoms with Crippen LogP contribution >= 0.6 is 0 Å². The lowest BCUT2D eigenvalue weighted by Crippen LogP contribution is -2.43. The average molecular weight is 343 g/mol. The molecule has 0 aromatic rings. The van der Waals surface area contributed by atoms with E-state index in [1.165, 1.54) is 77.0 Å². The smallest absolute Gasteiger partial charge is 0.126 e. The third-order valence-corrected chi connectivity index (χ3v) is 4.68. The first-order valence-corrected chi connectivity index (χ1v) is 10.0. The molecule has 25 heavy (non-hydrogen) atoms. The molecule has 0 aromatic heterocycles. The molecule has 0 atom stereocenters. The van der Waals surface area contributed by atoms with Crippen molar-refractivity contribution < 1.29 is 4.39 Å². The van der Waals surface area contributed by atoms with E-state index in [0.29, 0.717) is 4.39 Å². The highest BCUT2D eigenvalue weighted by Crippen LogP contribution is 2.12. The highest BCUT2D eigenvalue weighted by molar-refractivity contribution is 6.41. The molecule has 0 unspecified atom stereocenters. The van der Waals surface area contributed by atoms with Crippen LogP contribution in [0.15, 0.2) is 0 Å². The molecule has 0 saturated heterocycles. The van der Waals surface area contributed by atoms with Crippen molar-refractivity contribution in [3.63, 3.8) is 0 Å². The fraction of sp³-hybridized carbons (Fsp3) is 0.895. The fourth-order valence-corrected chi connectivity index (χ4v) is 3.03. The number of nitrogens with zero attached hydrogens (tertiary/aromatic N) is 4. The van der Waals surface area contributed by atoms with Gasteiger partial charge < -0.3 is 9.20 Å². The van der Waals surface area contributed by atoms with Crippen LogP contribution in [-0.4, -0.2) is 58.3 Å². The number of quaternary nitrogens is 1. The maximum absolute atomic E-state index is 8.71. The number of hydrogen-bond donors (Lipinski definition) is 0. The predicted octanol–water partition coefficient (Wildman–Crippen LogP) is 3.88. The first-order chi connectivity index (χ1) is 12.0. The molecule has 0 amide bonds. The van der Waals surface area contributed by atoms with Crippen LogP contribution in [0.4, 0.5) is 0 Å². The van der Waals surface area contributed by atoms with Gasteiger partial charge in [0.05, 0.1) is 0 Å². The standard InChI is InChI=1S/C19H37B2N4/c1-24(20-18-22)16-14-12-10-8-6-4-5-7-9-11-13-15-17-25(2,3)21-19-23/h4-17H2,1-3H3/q-1. The molecule has 140 valence electrons. The van der Waals surface area contributed by atoms with Crippen molar-refractivity contribution in [2.75, 3.05) is 34.2 Å². The summed E-state index contributed by atoms with van der Waals surface area (Å²) in [5, 5.41) is 17.2. The Hall–Kier alpha value is -0.970. The largest absolute Gasteiger partial charge is 0.553 e. The molecule has 0 N–H and O–H groups in total. The van der Waals surface area contributed by atoms with Gasteiger partial charge in [0.2, 0.25) is 0 Å². The summed E-state index contributed by atoms with van der Waals surface area (Å²) in [5.41, 5.74) is 0. The summed E-state index contributed by atoms with van der Waals surface area (Å²) in [6.07, 6.45) is 15.8. The van der Waals surface area contributed by atoms with Gasteiger partial charge in [-0.25, -0.2) is 11.2 Å². The summed E-state index contributed by atoms with van der Waals surface area (Å²) in [5.74, 6) is 4.21. The molecule has 0 aliphatic carbocycles. The third kappa shape index (κ3) is 17.6. The molecular weight excluding hydrogens is 306 g/mol. The number of unbranched alkanes of at least 4 members (excludes halogenated alkanes) is 11. The Labute approximate surface area is 158 Å². The Balaban J connectivity index is 3.20. The molecule has 4 nitrogen and oxygen atoms in total. The molecule has 0 aromatic carbocycles. The van der Waals surface area contributed by atoms with Crippen molar-refractivity contribution in [1.82, 2.24) is 4.81 Å². The summed E-state index contributed by atoms with van der Waals surface area (Å²) < 4.78 is 0.712.